The summed E-state index contributed by atoms with van der Waals surface area (Å²) in [6.45, 7) is 1.56. The molecular formula is C22H22F2N4O2. The number of anilines is 1. The molecule has 6 nitrogen and oxygen atoms in total. The molecule has 1 aromatic heterocycles. The molecule has 1 fully saturated rings. The van der Waals surface area contributed by atoms with Crippen LogP contribution < -0.4 is 15.4 Å². The molecule has 0 atom stereocenters. The number of ether oxygens (including phenoxy) is 1. The maximum atomic E-state index is 14.5. The van der Waals surface area contributed by atoms with Crippen LogP contribution in [0.2, 0.25) is 0 Å². The monoisotopic (exact) mass is 412 g/mol. The summed E-state index contributed by atoms with van der Waals surface area (Å²) >= 11 is 0. The molecule has 8 heteroatoms. The van der Waals surface area contributed by atoms with Crippen LogP contribution in [-0.4, -0.2) is 36.3 Å². The first kappa shape index (κ1) is 20.0. The van der Waals surface area contributed by atoms with Gasteiger partial charge in [-0.05, 0) is 55.8 Å². The summed E-state index contributed by atoms with van der Waals surface area (Å²) < 4.78 is 33.3. The summed E-state index contributed by atoms with van der Waals surface area (Å²) in [6.07, 6.45) is 4.87. The Kier molecular flexibility index (Phi) is 5.76. The molecule has 4 rings (SSSR count). The van der Waals surface area contributed by atoms with Crippen molar-refractivity contribution in [2.75, 3.05) is 25.5 Å². The van der Waals surface area contributed by atoms with E-state index in [1.54, 1.807) is 30.4 Å². The summed E-state index contributed by atoms with van der Waals surface area (Å²) in [5.74, 6) is -1.13. The van der Waals surface area contributed by atoms with Crippen molar-refractivity contribution in [1.29, 1.82) is 0 Å². The van der Waals surface area contributed by atoms with E-state index in [9.17, 15) is 13.6 Å². The van der Waals surface area contributed by atoms with Crippen molar-refractivity contribution >= 4 is 34.6 Å². The summed E-state index contributed by atoms with van der Waals surface area (Å²) in [5.41, 5.74) is 1.81. The molecule has 0 radical (unpaired) electrons. The number of amides is 1. The molecule has 156 valence electrons. The summed E-state index contributed by atoms with van der Waals surface area (Å²) in [6, 6.07) is 7.50. The molecule has 0 aliphatic carbocycles. The fourth-order valence-corrected chi connectivity index (χ4v) is 3.56. The number of hydrogen-bond acceptors (Lipinski definition) is 4. The molecular weight excluding hydrogens is 390 g/mol. The predicted octanol–water partition coefficient (Wildman–Crippen LogP) is 3.96. The molecule has 2 aromatic carbocycles. The van der Waals surface area contributed by atoms with Crippen molar-refractivity contribution in [1.82, 2.24) is 15.5 Å². The number of methoxy groups -OCH3 is 1. The van der Waals surface area contributed by atoms with E-state index in [1.165, 1.54) is 19.2 Å². The largest absolute Gasteiger partial charge is 0.494 e. The molecule has 3 N–H and O–H groups in total. The lowest BCUT2D eigenvalue weighted by Crippen LogP contribution is -2.34. The zero-order chi connectivity index (χ0) is 21.1. The lowest BCUT2D eigenvalue weighted by Gasteiger charge is -2.21. The van der Waals surface area contributed by atoms with Crippen molar-refractivity contribution in [2.24, 2.45) is 5.92 Å². The van der Waals surface area contributed by atoms with Gasteiger partial charge in [0, 0.05) is 17.4 Å². The van der Waals surface area contributed by atoms with Gasteiger partial charge in [-0.25, -0.2) is 8.78 Å². The van der Waals surface area contributed by atoms with Gasteiger partial charge in [-0.2, -0.15) is 5.10 Å². The Morgan fingerprint density at radius 2 is 1.97 bits per heavy atom. The molecule has 3 aromatic rings. The zero-order valence-corrected chi connectivity index (χ0v) is 16.5. The van der Waals surface area contributed by atoms with E-state index in [0.29, 0.717) is 22.2 Å². The first-order valence-electron chi connectivity index (χ1n) is 9.76. The highest BCUT2D eigenvalue weighted by Crippen LogP contribution is 2.27. The van der Waals surface area contributed by atoms with Gasteiger partial charge in [-0.1, -0.05) is 12.1 Å². The third-order valence-electron chi connectivity index (χ3n) is 5.26. The van der Waals surface area contributed by atoms with Gasteiger partial charge in [0.15, 0.2) is 11.6 Å². The Hall–Kier alpha value is -3.26. The Balaban J connectivity index is 1.58. The Morgan fingerprint density at radius 3 is 2.70 bits per heavy atom. The highest BCUT2D eigenvalue weighted by atomic mass is 19.1. The van der Waals surface area contributed by atoms with E-state index in [0.717, 1.165) is 25.9 Å². The first-order chi connectivity index (χ1) is 14.5. The van der Waals surface area contributed by atoms with E-state index in [-0.39, 0.29) is 23.3 Å². The fourth-order valence-electron chi connectivity index (χ4n) is 3.56. The van der Waals surface area contributed by atoms with Gasteiger partial charge in [-0.3, -0.25) is 9.89 Å². The van der Waals surface area contributed by atoms with Crippen LogP contribution in [0.3, 0.4) is 0 Å². The van der Waals surface area contributed by atoms with Crippen molar-refractivity contribution in [3.63, 3.8) is 0 Å². The average Bonchev–Trinajstić information content (AvgIpc) is 3.14. The second-order valence-electron chi connectivity index (χ2n) is 7.23. The van der Waals surface area contributed by atoms with Crippen LogP contribution in [0.25, 0.3) is 23.1 Å². The number of carbonyl (C=O) groups excluding carboxylic acids is 1. The van der Waals surface area contributed by atoms with Crippen LogP contribution in [0.15, 0.2) is 30.3 Å². The highest BCUT2D eigenvalue weighted by Gasteiger charge is 2.22. The molecule has 1 amide bonds. The van der Waals surface area contributed by atoms with E-state index in [2.05, 4.69) is 20.8 Å². The average molecular weight is 412 g/mol. The molecule has 1 aliphatic rings. The molecule has 0 spiro atoms. The molecule has 0 unspecified atom stereocenters. The van der Waals surface area contributed by atoms with E-state index in [1.807, 2.05) is 0 Å². The summed E-state index contributed by atoms with van der Waals surface area (Å²) in [4.78, 5) is 12.5. The zero-order valence-electron chi connectivity index (χ0n) is 16.5. The van der Waals surface area contributed by atoms with Gasteiger partial charge in [0.2, 0.25) is 5.91 Å². The van der Waals surface area contributed by atoms with Crippen LogP contribution in [0.5, 0.6) is 5.75 Å². The third-order valence-corrected chi connectivity index (χ3v) is 5.26. The topological polar surface area (TPSA) is 79.0 Å². The summed E-state index contributed by atoms with van der Waals surface area (Å²) in [7, 11) is 1.41. The van der Waals surface area contributed by atoms with Crippen LogP contribution in [0, 0.1) is 17.6 Å². The molecule has 1 saturated heterocycles. The van der Waals surface area contributed by atoms with Gasteiger partial charge in [0.1, 0.15) is 5.82 Å². The predicted molar refractivity (Wildman–Crippen MR) is 112 cm³/mol. The third kappa shape index (κ3) is 4.18. The number of fused-ring (bicyclic) bond motifs is 1. The molecule has 0 bridgehead atoms. The Bertz CT molecular complexity index is 1100. The minimum Gasteiger partial charge on any atom is -0.494 e. The van der Waals surface area contributed by atoms with Gasteiger partial charge in [-0.15, -0.1) is 0 Å². The number of carbonyl (C=O) groups is 1. The van der Waals surface area contributed by atoms with Crippen molar-refractivity contribution < 1.29 is 18.3 Å². The normalized spacial score (nSPS) is 15.0. The Morgan fingerprint density at radius 1 is 1.17 bits per heavy atom. The summed E-state index contributed by atoms with van der Waals surface area (Å²) in [5, 5.41) is 13.6. The van der Waals surface area contributed by atoms with E-state index >= 15 is 0 Å². The minimum atomic E-state index is -0.527. The van der Waals surface area contributed by atoms with Crippen LogP contribution in [0.1, 0.15) is 24.1 Å². The number of hydrogen-bond donors (Lipinski definition) is 3. The number of rotatable bonds is 5. The molecule has 2 heterocycles. The number of H-pyrrole nitrogens is 1. The number of aromatic nitrogens is 2. The van der Waals surface area contributed by atoms with E-state index in [4.69, 9.17) is 4.74 Å². The highest BCUT2D eigenvalue weighted by molar-refractivity contribution is 5.97. The SMILES string of the molecule is COc1ccc(/C=C/c2n[nH]c3cc(F)c(NC(=O)C4CCNCC4)cc23)cc1F. The molecule has 1 aliphatic heterocycles. The second kappa shape index (κ2) is 8.62. The Labute approximate surface area is 172 Å². The van der Waals surface area contributed by atoms with Gasteiger partial charge < -0.3 is 15.4 Å². The van der Waals surface area contributed by atoms with Crippen LogP contribution in [-0.2, 0) is 4.79 Å². The van der Waals surface area contributed by atoms with Crippen molar-refractivity contribution in [3.05, 3.63) is 53.2 Å². The maximum absolute atomic E-state index is 14.5. The van der Waals surface area contributed by atoms with Crippen molar-refractivity contribution in [3.8, 4) is 5.75 Å². The molecule has 0 saturated carbocycles. The fraction of sp³-hybridized carbons (Fsp3) is 0.273. The van der Waals surface area contributed by atoms with Gasteiger partial charge in [0.05, 0.1) is 24.0 Å². The second-order valence-corrected chi connectivity index (χ2v) is 7.23. The number of nitrogens with zero attached hydrogens (tertiary/aromatic N) is 1. The maximum Gasteiger partial charge on any atom is 0.227 e. The van der Waals surface area contributed by atoms with Crippen molar-refractivity contribution in [2.45, 2.75) is 12.8 Å². The number of aromatic amines is 1. The smallest absolute Gasteiger partial charge is 0.227 e. The standard InChI is InChI=1S/C22H22F2N4O2/c1-30-21-5-3-13(10-17(21)24)2-4-18-15-11-20(16(23)12-19(15)28-27-18)26-22(29)14-6-8-25-9-7-14/h2-5,10-12,14,25H,6-9H2,1H3,(H,26,29)(H,27,28)/b4-2+. The number of nitrogens with one attached hydrogen (secondary N) is 3. The molecule has 30 heavy (non-hydrogen) atoms. The number of halogens is 2. The minimum absolute atomic E-state index is 0.123. The van der Waals surface area contributed by atoms with E-state index < -0.39 is 11.6 Å². The lowest BCUT2D eigenvalue weighted by molar-refractivity contribution is -0.120. The quantitative estimate of drug-likeness (QED) is 0.593. The van der Waals surface area contributed by atoms with Gasteiger partial charge >= 0.3 is 0 Å². The van der Waals surface area contributed by atoms with Crippen LogP contribution in [0.4, 0.5) is 14.5 Å². The first-order valence-corrected chi connectivity index (χ1v) is 9.76. The van der Waals surface area contributed by atoms with Crippen LogP contribution >= 0.6 is 0 Å². The lowest BCUT2D eigenvalue weighted by atomic mass is 9.97. The number of piperidine rings is 1. The van der Waals surface area contributed by atoms with Gasteiger partial charge in [0.25, 0.3) is 0 Å². The number of benzene rings is 2.